The maximum absolute atomic E-state index is 12.6. The van der Waals surface area contributed by atoms with Crippen LogP contribution in [0.25, 0.3) is 0 Å². The Balaban J connectivity index is 1.84. The fraction of sp³-hybridized carbons (Fsp3) is 0.714. The molecule has 1 N–H and O–H groups in total. The molecule has 1 heterocycles. The SMILES string of the molecule is CC1CCCN1C(=O)[C@H]1C2C=CC(C2)[C@H]1C(=O)O. The predicted molar refractivity (Wildman–Crippen MR) is 65.8 cm³/mol. The first-order valence-corrected chi connectivity index (χ1v) is 6.81. The van der Waals surface area contributed by atoms with Crippen molar-refractivity contribution in [3.63, 3.8) is 0 Å². The molecule has 0 spiro atoms. The van der Waals surface area contributed by atoms with E-state index in [-0.39, 0.29) is 29.7 Å². The molecule has 1 saturated heterocycles. The Labute approximate surface area is 107 Å². The molecule has 3 rings (SSSR count). The number of fused-ring (bicyclic) bond motifs is 2. The highest BCUT2D eigenvalue weighted by atomic mass is 16.4. The van der Waals surface area contributed by atoms with Gasteiger partial charge in [0.1, 0.15) is 0 Å². The van der Waals surface area contributed by atoms with Gasteiger partial charge in [-0.15, -0.1) is 0 Å². The average Bonchev–Trinajstić information content (AvgIpc) is 3.01. The lowest BCUT2D eigenvalue weighted by atomic mass is 9.82. The van der Waals surface area contributed by atoms with Gasteiger partial charge in [0.25, 0.3) is 0 Å². The number of carbonyl (C=O) groups is 2. The maximum Gasteiger partial charge on any atom is 0.307 e. The van der Waals surface area contributed by atoms with Gasteiger partial charge in [0, 0.05) is 12.6 Å². The van der Waals surface area contributed by atoms with Gasteiger partial charge in [-0.05, 0) is 38.0 Å². The van der Waals surface area contributed by atoms with Crippen molar-refractivity contribution in [1.29, 1.82) is 0 Å². The van der Waals surface area contributed by atoms with Crippen molar-refractivity contribution in [1.82, 2.24) is 4.90 Å². The van der Waals surface area contributed by atoms with Crippen LogP contribution in [0.2, 0.25) is 0 Å². The van der Waals surface area contributed by atoms with Crippen LogP contribution >= 0.6 is 0 Å². The molecule has 98 valence electrons. The Hall–Kier alpha value is -1.32. The third-order valence-corrected chi connectivity index (χ3v) is 4.87. The zero-order valence-electron chi connectivity index (χ0n) is 10.6. The van der Waals surface area contributed by atoms with Gasteiger partial charge in [0.05, 0.1) is 11.8 Å². The summed E-state index contributed by atoms with van der Waals surface area (Å²) in [5.74, 6) is -1.34. The molecule has 4 heteroatoms. The summed E-state index contributed by atoms with van der Waals surface area (Å²) in [5, 5.41) is 9.36. The van der Waals surface area contributed by atoms with Crippen LogP contribution in [0.4, 0.5) is 0 Å². The summed E-state index contributed by atoms with van der Waals surface area (Å²) in [6.07, 6.45) is 6.96. The Morgan fingerprint density at radius 2 is 1.89 bits per heavy atom. The Kier molecular flexibility index (Phi) is 2.68. The van der Waals surface area contributed by atoms with E-state index in [9.17, 15) is 14.7 Å². The van der Waals surface area contributed by atoms with Crippen molar-refractivity contribution in [3.8, 4) is 0 Å². The number of hydrogen-bond donors (Lipinski definition) is 1. The monoisotopic (exact) mass is 249 g/mol. The summed E-state index contributed by atoms with van der Waals surface area (Å²) in [6, 6.07) is 0.273. The van der Waals surface area contributed by atoms with Gasteiger partial charge in [-0.25, -0.2) is 0 Å². The van der Waals surface area contributed by atoms with Crippen molar-refractivity contribution in [2.75, 3.05) is 6.54 Å². The molecule has 0 aromatic heterocycles. The third-order valence-electron chi connectivity index (χ3n) is 4.87. The molecule has 18 heavy (non-hydrogen) atoms. The number of likely N-dealkylation sites (tertiary alicyclic amines) is 1. The van der Waals surface area contributed by atoms with E-state index in [0.29, 0.717) is 0 Å². The number of carboxylic acid groups (broad SMARTS) is 1. The summed E-state index contributed by atoms with van der Waals surface area (Å²) in [6.45, 7) is 2.85. The molecule has 1 aliphatic heterocycles. The largest absolute Gasteiger partial charge is 0.481 e. The smallest absolute Gasteiger partial charge is 0.307 e. The molecule has 0 aromatic carbocycles. The summed E-state index contributed by atoms with van der Waals surface area (Å²) in [7, 11) is 0. The zero-order chi connectivity index (χ0) is 12.9. The lowest BCUT2D eigenvalue weighted by Gasteiger charge is -2.30. The van der Waals surface area contributed by atoms with Crippen LogP contribution in [0.1, 0.15) is 26.2 Å². The van der Waals surface area contributed by atoms with Gasteiger partial charge in [-0.2, -0.15) is 0 Å². The van der Waals surface area contributed by atoms with Gasteiger partial charge in [0.2, 0.25) is 5.91 Å². The number of allylic oxidation sites excluding steroid dienone is 2. The van der Waals surface area contributed by atoms with E-state index in [1.54, 1.807) is 0 Å². The first kappa shape index (κ1) is 11.8. The van der Waals surface area contributed by atoms with Crippen LogP contribution in [0, 0.1) is 23.7 Å². The molecular formula is C14H19NO3. The van der Waals surface area contributed by atoms with Crippen molar-refractivity contribution in [2.45, 2.75) is 32.2 Å². The fourth-order valence-electron chi connectivity index (χ4n) is 3.95. The van der Waals surface area contributed by atoms with Crippen molar-refractivity contribution < 1.29 is 14.7 Å². The molecule has 0 aromatic rings. The first-order valence-electron chi connectivity index (χ1n) is 6.81. The molecule has 4 nitrogen and oxygen atoms in total. The van der Waals surface area contributed by atoms with E-state index in [4.69, 9.17) is 0 Å². The minimum atomic E-state index is -0.808. The molecule has 2 fully saturated rings. The highest BCUT2D eigenvalue weighted by molar-refractivity contribution is 5.87. The number of rotatable bonds is 2. The number of nitrogens with zero attached hydrogens (tertiary/aromatic N) is 1. The summed E-state index contributed by atoms with van der Waals surface area (Å²) in [4.78, 5) is 25.9. The van der Waals surface area contributed by atoms with E-state index in [2.05, 4.69) is 6.92 Å². The predicted octanol–water partition coefficient (Wildman–Crippen LogP) is 1.52. The number of hydrogen-bond acceptors (Lipinski definition) is 2. The average molecular weight is 249 g/mol. The molecule has 0 radical (unpaired) electrons. The number of carbonyl (C=O) groups excluding carboxylic acids is 1. The van der Waals surface area contributed by atoms with Gasteiger partial charge in [0.15, 0.2) is 0 Å². The van der Waals surface area contributed by atoms with Crippen molar-refractivity contribution >= 4 is 11.9 Å². The lowest BCUT2D eigenvalue weighted by molar-refractivity contribution is -0.151. The highest BCUT2D eigenvalue weighted by Gasteiger charge is 2.53. The number of amides is 1. The number of carboxylic acids is 1. The van der Waals surface area contributed by atoms with Gasteiger partial charge in [-0.1, -0.05) is 12.2 Å². The second-order valence-corrected chi connectivity index (χ2v) is 5.86. The molecule has 2 aliphatic carbocycles. The molecule has 3 aliphatic rings. The highest BCUT2D eigenvalue weighted by Crippen LogP contribution is 2.49. The Bertz CT molecular complexity index is 417. The first-order chi connectivity index (χ1) is 8.59. The molecule has 3 unspecified atom stereocenters. The Morgan fingerprint density at radius 3 is 2.44 bits per heavy atom. The minimum absolute atomic E-state index is 0.0689. The van der Waals surface area contributed by atoms with E-state index in [1.807, 2.05) is 17.1 Å². The molecule has 1 amide bonds. The standard InChI is InChI=1S/C14H19NO3/c1-8-3-2-6-15(8)13(16)11-9-4-5-10(7-9)12(11)14(17)18/h4-5,8-12H,2-3,6-7H2,1H3,(H,17,18)/t8?,9?,10?,11-,12+/m0/s1. The zero-order valence-corrected chi connectivity index (χ0v) is 10.6. The van der Waals surface area contributed by atoms with Crippen LogP contribution in [0.5, 0.6) is 0 Å². The van der Waals surface area contributed by atoms with Crippen LogP contribution in [0.15, 0.2) is 12.2 Å². The van der Waals surface area contributed by atoms with Gasteiger partial charge in [-0.3, -0.25) is 9.59 Å². The lowest BCUT2D eigenvalue weighted by Crippen LogP contribution is -2.44. The van der Waals surface area contributed by atoms with Crippen LogP contribution < -0.4 is 0 Å². The van der Waals surface area contributed by atoms with Crippen LogP contribution in [-0.2, 0) is 9.59 Å². The summed E-state index contributed by atoms with van der Waals surface area (Å²) >= 11 is 0. The number of aliphatic carboxylic acids is 1. The van der Waals surface area contributed by atoms with E-state index in [1.165, 1.54) is 0 Å². The quantitative estimate of drug-likeness (QED) is 0.755. The molecular weight excluding hydrogens is 230 g/mol. The molecule has 5 atom stereocenters. The van der Waals surface area contributed by atoms with E-state index < -0.39 is 11.9 Å². The third kappa shape index (κ3) is 1.58. The minimum Gasteiger partial charge on any atom is -0.481 e. The van der Waals surface area contributed by atoms with Crippen LogP contribution in [0.3, 0.4) is 0 Å². The summed E-state index contributed by atoms with van der Waals surface area (Å²) < 4.78 is 0. The van der Waals surface area contributed by atoms with E-state index in [0.717, 1.165) is 25.8 Å². The van der Waals surface area contributed by atoms with E-state index >= 15 is 0 Å². The molecule has 1 saturated carbocycles. The Morgan fingerprint density at radius 1 is 1.22 bits per heavy atom. The maximum atomic E-state index is 12.6. The normalized spacial score (nSPS) is 41.6. The van der Waals surface area contributed by atoms with Crippen LogP contribution in [-0.4, -0.2) is 34.5 Å². The van der Waals surface area contributed by atoms with Gasteiger partial charge >= 0.3 is 5.97 Å². The van der Waals surface area contributed by atoms with Crippen molar-refractivity contribution in [2.24, 2.45) is 23.7 Å². The van der Waals surface area contributed by atoms with Gasteiger partial charge < -0.3 is 10.0 Å². The van der Waals surface area contributed by atoms with Crippen molar-refractivity contribution in [3.05, 3.63) is 12.2 Å². The topological polar surface area (TPSA) is 57.6 Å². The summed E-state index contributed by atoms with van der Waals surface area (Å²) in [5.41, 5.74) is 0. The second kappa shape index (κ2) is 4.11. The molecule has 2 bridgehead atoms. The fourth-order valence-corrected chi connectivity index (χ4v) is 3.95. The second-order valence-electron chi connectivity index (χ2n) is 5.86.